The maximum Gasteiger partial charge on any atom is 0.323 e. The fourth-order valence-electron chi connectivity index (χ4n) is 4.19. The summed E-state index contributed by atoms with van der Waals surface area (Å²) in [5.41, 5.74) is 2.65. The first-order valence-corrected chi connectivity index (χ1v) is 10.5. The van der Waals surface area contributed by atoms with Gasteiger partial charge in [-0.15, -0.1) is 0 Å². The highest BCUT2D eigenvalue weighted by atomic mass is 19.1. The summed E-state index contributed by atoms with van der Waals surface area (Å²) in [6, 6.07) is 12.3. The topological polar surface area (TPSA) is 98.8 Å². The fourth-order valence-corrected chi connectivity index (χ4v) is 4.19. The number of nitrogens with one attached hydrogen (secondary N) is 3. The van der Waals surface area contributed by atoms with E-state index in [4.69, 9.17) is 0 Å². The van der Waals surface area contributed by atoms with Crippen molar-refractivity contribution in [3.05, 3.63) is 72.7 Å². The second-order valence-electron chi connectivity index (χ2n) is 7.77. The third-order valence-corrected chi connectivity index (χ3v) is 5.68. The van der Waals surface area contributed by atoms with Crippen LogP contribution in [0.1, 0.15) is 24.3 Å². The highest BCUT2D eigenvalue weighted by molar-refractivity contribution is 5.99. The predicted octanol–water partition coefficient (Wildman–Crippen LogP) is 4.52. The summed E-state index contributed by atoms with van der Waals surface area (Å²) >= 11 is 0. The Labute approximate surface area is 183 Å². The van der Waals surface area contributed by atoms with Crippen LogP contribution in [0.25, 0.3) is 11.0 Å². The fraction of sp³-hybridized carbons (Fsp3) is 0.217. The first-order valence-electron chi connectivity index (χ1n) is 10.5. The molecule has 0 radical (unpaired) electrons. The van der Waals surface area contributed by atoms with Crippen molar-refractivity contribution in [3.63, 3.8) is 0 Å². The van der Waals surface area contributed by atoms with Crippen LogP contribution in [0.4, 0.5) is 26.4 Å². The van der Waals surface area contributed by atoms with Crippen LogP contribution in [-0.4, -0.2) is 39.1 Å². The number of halogens is 1. The monoisotopic (exact) mass is 431 g/mol. The Morgan fingerprint density at radius 3 is 2.97 bits per heavy atom. The van der Waals surface area contributed by atoms with Crippen molar-refractivity contribution in [2.75, 3.05) is 28.6 Å². The lowest BCUT2D eigenvalue weighted by Crippen LogP contribution is -2.35. The van der Waals surface area contributed by atoms with Gasteiger partial charge in [-0.25, -0.2) is 19.7 Å². The summed E-state index contributed by atoms with van der Waals surface area (Å²) in [6.45, 7) is 1.76. The van der Waals surface area contributed by atoms with Gasteiger partial charge in [0.05, 0.1) is 11.1 Å². The van der Waals surface area contributed by atoms with Crippen LogP contribution in [0, 0.1) is 5.95 Å². The summed E-state index contributed by atoms with van der Waals surface area (Å²) in [7, 11) is 0. The predicted molar refractivity (Wildman–Crippen MR) is 121 cm³/mol. The van der Waals surface area contributed by atoms with Crippen LogP contribution in [0.2, 0.25) is 0 Å². The Hall–Kier alpha value is -4.01. The summed E-state index contributed by atoms with van der Waals surface area (Å²) in [4.78, 5) is 30.1. The van der Waals surface area contributed by atoms with Gasteiger partial charge < -0.3 is 20.5 Å². The normalized spacial score (nSPS) is 16.2. The van der Waals surface area contributed by atoms with E-state index in [1.807, 2.05) is 30.5 Å². The molecular formula is C23H22FN7O. The number of nitrogens with zero attached hydrogens (tertiary/aromatic N) is 4. The van der Waals surface area contributed by atoms with Crippen LogP contribution >= 0.6 is 0 Å². The van der Waals surface area contributed by atoms with Crippen LogP contribution in [0.3, 0.4) is 0 Å². The highest BCUT2D eigenvalue weighted by Crippen LogP contribution is 2.32. The van der Waals surface area contributed by atoms with Gasteiger partial charge >= 0.3 is 6.03 Å². The molecule has 1 unspecified atom stereocenters. The second-order valence-corrected chi connectivity index (χ2v) is 7.77. The average Bonchev–Trinajstić information content (AvgIpc) is 3.30. The van der Waals surface area contributed by atoms with E-state index in [0.29, 0.717) is 11.6 Å². The van der Waals surface area contributed by atoms with Gasteiger partial charge in [0, 0.05) is 37.1 Å². The van der Waals surface area contributed by atoms with Crippen molar-refractivity contribution < 1.29 is 9.18 Å². The first-order chi connectivity index (χ1) is 15.7. The molecule has 162 valence electrons. The summed E-state index contributed by atoms with van der Waals surface area (Å²) in [6.07, 6.45) is 6.89. The van der Waals surface area contributed by atoms with Crippen molar-refractivity contribution in [2.24, 2.45) is 0 Å². The van der Waals surface area contributed by atoms with E-state index in [9.17, 15) is 9.18 Å². The van der Waals surface area contributed by atoms with Gasteiger partial charge in [0.25, 0.3) is 0 Å². The van der Waals surface area contributed by atoms with Crippen LogP contribution in [0.15, 0.2) is 61.2 Å². The lowest BCUT2D eigenvalue weighted by atomic mass is 9.90. The maximum absolute atomic E-state index is 13.7. The number of pyridine rings is 1. The average molecular weight is 431 g/mol. The molecule has 1 saturated heterocycles. The van der Waals surface area contributed by atoms with Crippen LogP contribution < -0.4 is 15.5 Å². The number of aromatic nitrogens is 4. The summed E-state index contributed by atoms with van der Waals surface area (Å²) in [5, 5.41) is 6.28. The molecule has 32 heavy (non-hydrogen) atoms. The molecule has 0 spiro atoms. The molecule has 8 nitrogen and oxygen atoms in total. The van der Waals surface area contributed by atoms with E-state index in [1.165, 1.54) is 12.3 Å². The molecule has 1 aromatic carbocycles. The van der Waals surface area contributed by atoms with Crippen molar-refractivity contribution in [2.45, 2.75) is 18.8 Å². The molecule has 0 saturated carbocycles. The van der Waals surface area contributed by atoms with Crippen molar-refractivity contribution in [1.29, 1.82) is 0 Å². The number of piperidine rings is 1. The van der Waals surface area contributed by atoms with E-state index < -0.39 is 12.0 Å². The van der Waals surface area contributed by atoms with Crippen molar-refractivity contribution >= 4 is 34.3 Å². The van der Waals surface area contributed by atoms with Crippen LogP contribution in [-0.2, 0) is 0 Å². The molecule has 4 heterocycles. The number of urea groups is 1. The molecular weight excluding hydrogens is 409 g/mol. The number of fused-ring (bicyclic) bond motifs is 1. The van der Waals surface area contributed by atoms with Gasteiger partial charge in [-0.2, -0.15) is 4.39 Å². The Bertz CT molecular complexity index is 1260. The lowest BCUT2D eigenvalue weighted by Gasteiger charge is -2.34. The zero-order valence-corrected chi connectivity index (χ0v) is 17.3. The number of benzene rings is 1. The number of carbonyl (C=O) groups excluding carboxylic acids is 1. The summed E-state index contributed by atoms with van der Waals surface area (Å²) < 4.78 is 13.7. The Kier molecular flexibility index (Phi) is 5.37. The Morgan fingerprint density at radius 1 is 1.12 bits per heavy atom. The molecule has 3 aromatic heterocycles. The second kappa shape index (κ2) is 8.62. The molecule has 1 fully saturated rings. The number of aromatic amines is 1. The standard InChI is InChI=1S/C23H22FN7O/c24-20-19(7-2-9-25-20)30-23(32)29-17-6-1-4-15(12-17)16-5-3-11-31(13-16)22-18-8-10-26-21(18)27-14-28-22/h1-2,4,6-10,12,14,16H,3,5,11,13H2,(H,26,27,28)(H2,29,30,32). The Morgan fingerprint density at radius 2 is 2.06 bits per heavy atom. The smallest absolute Gasteiger partial charge is 0.323 e. The van der Waals surface area contributed by atoms with Crippen LogP contribution in [0.5, 0.6) is 0 Å². The van der Waals surface area contributed by atoms with Crippen molar-refractivity contribution in [3.8, 4) is 0 Å². The quantitative estimate of drug-likeness (QED) is 0.413. The van der Waals surface area contributed by atoms with Gasteiger partial charge in [0.1, 0.15) is 17.8 Å². The van der Waals surface area contributed by atoms with E-state index >= 15 is 0 Å². The number of anilines is 3. The molecule has 3 N–H and O–H groups in total. The van der Waals surface area contributed by atoms with Crippen molar-refractivity contribution in [1.82, 2.24) is 19.9 Å². The zero-order chi connectivity index (χ0) is 21.9. The van der Waals surface area contributed by atoms with Gasteiger partial charge in [0.15, 0.2) is 0 Å². The molecule has 0 bridgehead atoms. The van der Waals surface area contributed by atoms with Gasteiger partial charge in [-0.1, -0.05) is 12.1 Å². The van der Waals surface area contributed by atoms with E-state index in [-0.39, 0.29) is 5.69 Å². The number of amides is 2. The number of rotatable bonds is 4. The van der Waals surface area contributed by atoms with Gasteiger partial charge in [0.2, 0.25) is 5.95 Å². The molecule has 9 heteroatoms. The van der Waals surface area contributed by atoms with Gasteiger partial charge in [-0.05, 0) is 48.7 Å². The third-order valence-electron chi connectivity index (χ3n) is 5.68. The minimum Gasteiger partial charge on any atom is -0.355 e. The minimum atomic E-state index is -0.722. The number of hydrogen-bond donors (Lipinski definition) is 3. The van der Waals surface area contributed by atoms with E-state index in [1.54, 1.807) is 12.4 Å². The Balaban J connectivity index is 1.30. The molecule has 1 atom stereocenters. The largest absolute Gasteiger partial charge is 0.355 e. The zero-order valence-electron chi connectivity index (χ0n) is 17.3. The maximum atomic E-state index is 13.7. The summed E-state index contributed by atoms with van der Waals surface area (Å²) in [5.74, 6) is 0.515. The molecule has 1 aliphatic heterocycles. The number of hydrogen-bond acceptors (Lipinski definition) is 5. The molecule has 4 aromatic rings. The lowest BCUT2D eigenvalue weighted by molar-refractivity contribution is 0.262. The molecule has 5 rings (SSSR count). The number of carbonyl (C=O) groups is 1. The molecule has 1 aliphatic rings. The van der Waals surface area contributed by atoms with E-state index in [2.05, 4.69) is 41.5 Å². The number of H-pyrrole nitrogens is 1. The third kappa shape index (κ3) is 4.09. The molecule has 2 amide bonds. The minimum absolute atomic E-state index is 0.0324. The first kappa shape index (κ1) is 19.9. The van der Waals surface area contributed by atoms with Gasteiger partial charge in [-0.3, -0.25) is 0 Å². The molecule has 0 aliphatic carbocycles. The SMILES string of the molecule is O=C(Nc1cccc(C2CCCN(c3ncnc4[nH]ccc34)C2)c1)Nc1cccnc1F. The highest BCUT2D eigenvalue weighted by Gasteiger charge is 2.24. The van der Waals surface area contributed by atoms with E-state index in [0.717, 1.165) is 48.3 Å².